The van der Waals surface area contributed by atoms with Gasteiger partial charge in [-0.05, 0) is 36.7 Å². The van der Waals surface area contributed by atoms with Gasteiger partial charge in [0.25, 0.3) is 0 Å². The van der Waals surface area contributed by atoms with Gasteiger partial charge in [-0.2, -0.15) is 0 Å². The summed E-state index contributed by atoms with van der Waals surface area (Å²) in [5.41, 5.74) is 4.34. The molecule has 0 fully saturated rings. The minimum absolute atomic E-state index is 0.00928. The van der Waals surface area contributed by atoms with Crippen molar-refractivity contribution in [1.29, 1.82) is 0 Å². The molecule has 1 aliphatic carbocycles. The lowest BCUT2D eigenvalue weighted by Gasteiger charge is -2.47. The first kappa shape index (κ1) is 16.3. The molecule has 2 aromatic carbocycles. The van der Waals surface area contributed by atoms with Gasteiger partial charge in [-0.15, -0.1) is 0 Å². The van der Waals surface area contributed by atoms with Gasteiger partial charge < -0.3 is 28.8 Å². The number of fused-ring (bicyclic) bond motifs is 8. The minimum Gasteiger partial charge on any atom is -0.496 e. The highest BCUT2D eigenvalue weighted by Crippen LogP contribution is 2.56. The first-order chi connectivity index (χ1) is 13.7. The molecule has 146 valence electrons. The van der Waals surface area contributed by atoms with Gasteiger partial charge in [0, 0.05) is 35.7 Å². The van der Waals surface area contributed by atoms with Crippen LogP contribution in [0, 0.1) is 0 Å². The van der Waals surface area contributed by atoms with Crippen molar-refractivity contribution >= 4 is 0 Å². The summed E-state index contributed by atoms with van der Waals surface area (Å²) in [5, 5.41) is 11.2. The van der Waals surface area contributed by atoms with Gasteiger partial charge in [0.05, 0.1) is 13.2 Å². The third-order valence-electron chi connectivity index (χ3n) is 6.34. The van der Waals surface area contributed by atoms with Crippen molar-refractivity contribution in [2.45, 2.75) is 31.0 Å². The van der Waals surface area contributed by atoms with E-state index in [2.05, 4.69) is 18.0 Å². The second-order valence-electron chi connectivity index (χ2n) is 7.77. The van der Waals surface area contributed by atoms with E-state index < -0.39 is 6.10 Å². The molecule has 0 unspecified atom stereocenters. The van der Waals surface area contributed by atoms with Crippen LogP contribution < -0.4 is 23.7 Å². The summed E-state index contributed by atoms with van der Waals surface area (Å²) in [6.45, 7) is 1.13. The first-order valence-corrected chi connectivity index (χ1v) is 9.45. The molecule has 3 aliphatic heterocycles. The van der Waals surface area contributed by atoms with E-state index in [9.17, 15) is 5.11 Å². The fourth-order valence-electron chi connectivity index (χ4n) is 5.21. The van der Waals surface area contributed by atoms with Crippen molar-refractivity contribution in [2.24, 2.45) is 0 Å². The predicted octanol–water partition coefficient (Wildman–Crippen LogP) is 2.34. The smallest absolute Gasteiger partial charge is 0.231 e. The molecule has 7 nitrogen and oxygen atoms in total. The maximum atomic E-state index is 11.2. The second-order valence-corrected chi connectivity index (χ2v) is 7.77. The number of rotatable bonds is 1. The fraction of sp³-hybridized carbons (Fsp3) is 0.429. The molecular weight excluding hydrogens is 362 g/mol. The highest BCUT2D eigenvalue weighted by molar-refractivity contribution is 5.62. The van der Waals surface area contributed by atoms with Gasteiger partial charge in [-0.25, -0.2) is 0 Å². The van der Waals surface area contributed by atoms with Crippen LogP contribution in [0.4, 0.5) is 0 Å². The average Bonchev–Trinajstić information content (AvgIpc) is 3.34. The van der Waals surface area contributed by atoms with Crippen molar-refractivity contribution in [3.63, 3.8) is 0 Å². The number of hydrogen-bond acceptors (Lipinski definition) is 7. The summed E-state index contributed by atoms with van der Waals surface area (Å²) >= 11 is 0. The second kappa shape index (κ2) is 5.68. The molecule has 0 amide bonds. The van der Waals surface area contributed by atoms with Crippen LogP contribution in [0.15, 0.2) is 18.2 Å². The number of benzene rings is 2. The molecule has 0 spiro atoms. The molecule has 0 saturated carbocycles. The average molecular weight is 383 g/mol. The quantitative estimate of drug-likeness (QED) is 0.811. The zero-order valence-electron chi connectivity index (χ0n) is 15.7. The van der Waals surface area contributed by atoms with Crippen LogP contribution in [-0.2, 0) is 13.0 Å². The summed E-state index contributed by atoms with van der Waals surface area (Å²) in [7, 11) is 3.74. The zero-order chi connectivity index (χ0) is 19.0. The van der Waals surface area contributed by atoms with Gasteiger partial charge >= 0.3 is 0 Å². The Hall–Kier alpha value is -2.64. The Morgan fingerprint density at radius 2 is 1.79 bits per heavy atom. The highest BCUT2D eigenvalue weighted by Gasteiger charge is 2.47. The summed E-state index contributed by atoms with van der Waals surface area (Å²) < 4.78 is 28.2. The Bertz CT molecular complexity index is 990. The number of methoxy groups -OCH3 is 1. The van der Waals surface area contributed by atoms with Gasteiger partial charge in [0.2, 0.25) is 13.6 Å². The first-order valence-electron chi connectivity index (χ1n) is 9.45. The zero-order valence-corrected chi connectivity index (χ0v) is 15.7. The van der Waals surface area contributed by atoms with Crippen LogP contribution in [0.1, 0.15) is 34.2 Å². The third-order valence-corrected chi connectivity index (χ3v) is 6.34. The largest absolute Gasteiger partial charge is 0.496 e. The Balaban J connectivity index is 1.56. The number of aliphatic hydroxyl groups excluding tert-OH is 1. The Morgan fingerprint density at radius 3 is 2.61 bits per heavy atom. The third kappa shape index (κ3) is 2.06. The van der Waals surface area contributed by atoms with Gasteiger partial charge in [0.15, 0.2) is 23.0 Å². The molecule has 6 rings (SSSR count). The summed E-state index contributed by atoms with van der Waals surface area (Å²) in [4.78, 5) is 2.26. The van der Waals surface area contributed by atoms with Crippen molar-refractivity contribution in [3.05, 3.63) is 40.5 Å². The van der Waals surface area contributed by atoms with Gasteiger partial charge in [-0.1, -0.05) is 0 Å². The van der Waals surface area contributed by atoms with Crippen LogP contribution in [-0.4, -0.2) is 43.9 Å². The lowest BCUT2D eigenvalue weighted by Crippen LogP contribution is -2.43. The molecule has 0 saturated heterocycles. The summed E-state index contributed by atoms with van der Waals surface area (Å²) in [6, 6.07) is 5.97. The molecule has 4 aliphatic rings. The maximum Gasteiger partial charge on any atom is 0.231 e. The van der Waals surface area contributed by atoms with Gasteiger partial charge in [0.1, 0.15) is 5.75 Å². The van der Waals surface area contributed by atoms with Gasteiger partial charge in [-0.3, -0.25) is 4.90 Å². The number of likely N-dealkylation sites (N-methyl/N-ethyl adjacent to an activating group) is 1. The number of nitrogens with zero attached hydrogens (tertiary/aromatic N) is 1. The normalized spacial score (nSPS) is 26.5. The van der Waals surface area contributed by atoms with Crippen molar-refractivity contribution in [1.82, 2.24) is 4.90 Å². The minimum atomic E-state index is -0.548. The van der Waals surface area contributed by atoms with Crippen molar-refractivity contribution in [2.75, 3.05) is 27.7 Å². The predicted molar refractivity (Wildman–Crippen MR) is 98.3 cm³/mol. The van der Waals surface area contributed by atoms with Crippen LogP contribution >= 0.6 is 0 Å². The molecule has 0 radical (unpaired) electrons. The number of ether oxygens (including phenoxy) is 5. The SMILES string of the molecule is COc1cc2c(c3c1[C@@H]1[C@@H](c4cc5c(cc4C[C@@H]1O)OCO5)N(C)C3)OCO2. The Kier molecular flexibility index (Phi) is 3.31. The molecule has 0 bridgehead atoms. The molecule has 3 atom stereocenters. The fourth-order valence-corrected chi connectivity index (χ4v) is 5.21. The van der Waals surface area contributed by atoms with E-state index in [1.807, 2.05) is 12.1 Å². The summed E-state index contributed by atoms with van der Waals surface area (Å²) in [5.74, 6) is 3.60. The molecule has 3 heterocycles. The molecule has 28 heavy (non-hydrogen) atoms. The van der Waals surface area contributed by atoms with Crippen LogP contribution in [0.2, 0.25) is 0 Å². The monoisotopic (exact) mass is 383 g/mol. The molecule has 0 aromatic heterocycles. The molecular formula is C21H21NO6. The van der Waals surface area contributed by atoms with Crippen molar-refractivity contribution in [3.8, 4) is 28.7 Å². The van der Waals surface area contributed by atoms with Crippen LogP contribution in [0.3, 0.4) is 0 Å². The molecule has 7 heteroatoms. The lowest BCUT2D eigenvalue weighted by atomic mass is 9.70. The van der Waals surface area contributed by atoms with E-state index >= 15 is 0 Å². The number of hydrogen-bond donors (Lipinski definition) is 1. The van der Waals surface area contributed by atoms with E-state index in [0.717, 1.165) is 39.7 Å². The topological polar surface area (TPSA) is 69.6 Å². The van der Waals surface area contributed by atoms with E-state index in [4.69, 9.17) is 23.7 Å². The van der Waals surface area contributed by atoms with Crippen molar-refractivity contribution < 1.29 is 28.8 Å². The Morgan fingerprint density at radius 1 is 1.04 bits per heavy atom. The van der Waals surface area contributed by atoms with E-state index in [-0.39, 0.29) is 25.5 Å². The standard InChI is InChI=1S/C21H21NO6/c1-22-7-12-18(16(24-2)6-17-21(12)28-9-27-17)19-13(23)3-10-4-14-15(26-8-25-14)5-11(10)20(19)22/h4-6,13,19-20,23H,3,7-9H2,1-2H3/t13-,19+,20+/m0/s1. The van der Waals surface area contributed by atoms with E-state index in [1.165, 1.54) is 5.56 Å². The number of aliphatic hydroxyl groups is 1. The molecule has 1 N–H and O–H groups in total. The maximum absolute atomic E-state index is 11.2. The molecule has 2 aromatic rings. The van der Waals surface area contributed by atoms with E-state index in [0.29, 0.717) is 18.7 Å². The van der Waals surface area contributed by atoms with Crippen LogP contribution in [0.5, 0.6) is 28.7 Å². The summed E-state index contributed by atoms with van der Waals surface area (Å²) in [6.07, 6.45) is 0.00603. The van der Waals surface area contributed by atoms with Crippen LogP contribution in [0.25, 0.3) is 0 Å². The van der Waals surface area contributed by atoms with E-state index in [1.54, 1.807) is 7.11 Å². The Labute approximate surface area is 162 Å². The lowest BCUT2D eigenvalue weighted by molar-refractivity contribution is 0.0576. The highest BCUT2D eigenvalue weighted by atomic mass is 16.7.